The number of ether oxygens (including phenoxy) is 1. The second-order valence-corrected chi connectivity index (χ2v) is 8.88. The van der Waals surface area contributed by atoms with Crippen LogP contribution in [0.2, 0.25) is 0 Å². The molecule has 1 saturated heterocycles. The number of rotatable bonds is 3. The Bertz CT molecular complexity index is 636. The molecule has 2 aliphatic carbocycles. The van der Waals surface area contributed by atoms with Crippen LogP contribution in [0.15, 0.2) is 0 Å². The monoisotopic (exact) mass is 326 g/mol. The van der Waals surface area contributed by atoms with E-state index in [9.17, 15) is 21.6 Å². The smallest absolute Gasteiger partial charge is 0.324 e. The van der Waals surface area contributed by atoms with Crippen LogP contribution in [0, 0.1) is 11.8 Å². The van der Waals surface area contributed by atoms with Gasteiger partial charge in [-0.2, -0.15) is 16.8 Å². The van der Waals surface area contributed by atoms with E-state index in [0.29, 0.717) is 19.3 Å². The normalized spacial score (nSPS) is 41.5. The summed E-state index contributed by atoms with van der Waals surface area (Å²) in [6.07, 6.45) is 0.0841. The van der Waals surface area contributed by atoms with Crippen molar-refractivity contribution in [3.05, 3.63) is 0 Å². The van der Waals surface area contributed by atoms with Gasteiger partial charge in [0.15, 0.2) is 5.75 Å². The first-order valence-electron chi connectivity index (χ1n) is 6.22. The zero-order chi connectivity index (χ0) is 14.7. The minimum atomic E-state index is -4.46. The molecule has 5 atom stereocenters. The highest BCUT2D eigenvalue weighted by Gasteiger charge is 2.59. The molecule has 0 spiro atoms. The molecule has 20 heavy (non-hydrogen) atoms. The Morgan fingerprint density at radius 2 is 1.90 bits per heavy atom. The number of carbonyl (C=O) groups excluding carboxylic acids is 1. The molecule has 3 fully saturated rings. The van der Waals surface area contributed by atoms with E-state index in [4.69, 9.17) is 13.5 Å². The van der Waals surface area contributed by atoms with E-state index in [-0.39, 0.29) is 11.8 Å². The lowest BCUT2D eigenvalue weighted by molar-refractivity contribution is -0.151. The van der Waals surface area contributed by atoms with Gasteiger partial charge in [0.05, 0.1) is 5.25 Å². The molecule has 0 radical (unpaired) electrons. The van der Waals surface area contributed by atoms with E-state index in [1.807, 2.05) is 0 Å². The first-order valence-corrected chi connectivity index (χ1v) is 9.30. The molecular formula is C10H14O8S2. The molecule has 1 heterocycles. The Labute approximate surface area is 116 Å². The van der Waals surface area contributed by atoms with Crippen molar-refractivity contribution in [1.82, 2.24) is 0 Å². The number of hydrogen-bond acceptors (Lipinski definition) is 7. The maximum absolute atomic E-state index is 11.8. The van der Waals surface area contributed by atoms with Gasteiger partial charge in [0.2, 0.25) is 0 Å². The summed E-state index contributed by atoms with van der Waals surface area (Å²) in [5.74, 6) is -2.34. The molecule has 0 aromatic rings. The van der Waals surface area contributed by atoms with Crippen molar-refractivity contribution >= 4 is 26.2 Å². The molecule has 3 aliphatic rings. The van der Waals surface area contributed by atoms with Gasteiger partial charge in [-0.25, -0.2) is 0 Å². The molecule has 8 nitrogen and oxygen atoms in total. The second-order valence-electron chi connectivity index (χ2n) is 5.58. The van der Waals surface area contributed by atoms with Gasteiger partial charge in [0.25, 0.3) is 20.2 Å². The zero-order valence-corrected chi connectivity index (χ0v) is 12.0. The van der Waals surface area contributed by atoms with Crippen LogP contribution in [0.1, 0.15) is 19.3 Å². The van der Waals surface area contributed by atoms with Crippen LogP contribution in [-0.2, 0) is 34.0 Å². The standard InChI is InChI=1S/C10H14O8S2/c11-8(4-19(12,13)14)17-9-5-1-6-3-7(2-5)20(15,16)18-10(6)9/h5-7,9-10H,1-4H2,(H,12,13,14). The molecular weight excluding hydrogens is 312 g/mol. The van der Waals surface area contributed by atoms with Crippen LogP contribution in [-0.4, -0.2) is 50.6 Å². The Morgan fingerprint density at radius 1 is 1.25 bits per heavy atom. The van der Waals surface area contributed by atoms with Gasteiger partial charge < -0.3 is 4.74 Å². The third-order valence-corrected chi connectivity index (χ3v) is 6.50. The first kappa shape index (κ1) is 14.2. The molecule has 10 heteroatoms. The SMILES string of the molecule is O=C(CS(=O)(=O)O)OC1C2CC3CC(C2)S(=O)(=O)OC31. The highest BCUT2D eigenvalue weighted by Crippen LogP contribution is 2.51. The lowest BCUT2D eigenvalue weighted by Gasteiger charge is -2.32. The lowest BCUT2D eigenvalue weighted by Crippen LogP contribution is -2.41. The predicted molar refractivity (Wildman–Crippen MR) is 64.7 cm³/mol. The summed E-state index contributed by atoms with van der Waals surface area (Å²) in [5, 5.41) is -0.562. The quantitative estimate of drug-likeness (QED) is 0.411. The predicted octanol–water partition coefficient (Wildman–Crippen LogP) is -0.687. The van der Waals surface area contributed by atoms with Gasteiger partial charge in [-0.1, -0.05) is 0 Å². The number of esters is 1. The third-order valence-electron chi connectivity index (χ3n) is 4.21. The topological polar surface area (TPSA) is 124 Å². The molecule has 2 saturated carbocycles. The fraction of sp³-hybridized carbons (Fsp3) is 0.900. The fourth-order valence-electron chi connectivity index (χ4n) is 3.53. The van der Waals surface area contributed by atoms with Gasteiger partial charge in [0.1, 0.15) is 12.2 Å². The number of carbonyl (C=O) groups is 1. The van der Waals surface area contributed by atoms with Crippen LogP contribution in [0.25, 0.3) is 0 Å². The van der Waals surface area contributed by atoms with Crippen molar-refractivity contribution in [1.29, 1.82) is 0 Å². The van der Waals surface area contributed by atoms with Gasteiger partial charge in [-0.3, -0.25) is 13.5 Å². The molecule has 1 N–H and O–H groups in total. The lowest BCUT2D eigenvalue weighted by atomic mass is 9.88. The average molecular weight is 326 g/mol. The highest BCUT2D eigenvalue weighted by molar-refractivity contribution is 7.87. The summed E-state index contributed by atoms with van der Waals surface area (Å²) < 4.78 is 63.6. The summed E-state index contributed by atoms with van der Waals surface area (Å²) in [7, 11) is -8.08. The van der Waals surface area contributed by atoms with Gasteiger partial charge in [0, 0.05) is 5.92 Å². The van der Waals surface area contributed by atoms with Crippen molar-refractivity contribution in [2.24, 2.45) is 11.8 Å². The summed E-state index contributed by atoms with van der Waals surface area (Å²) in [6, 6.07) is 0. The van der Waals surface area contributed by atoms with E-state index in [1.54, 1.807) is 0 Å². The molecule has 114 valence electrons. The van der Waals surface area contributed by atoms with E-state index >= 15 is 0 Å². The molecule has 0 aromatic heterocycles. The van der Waals surface area contributed by atoms with Crippen LogP contribution < -0.4 is 0 Å². The zero-order valence-electron chi connectivity index (χ0n) is 10.3. The van der Waals surface area contributed by atoms with Crippen LogP contribution in [0.5, 0.6) is 0 Å². The first-order chi connectivity index (χ1) is 9.16. The Hall–Kier alpha value is -0.710. The number of fused-ring (bicyclic) bond motifs is 2. The largest absolute Gasteiger partial charge is 0.458 e. The van der Waals surface area contributed by atoms with Gasteiger partial charge in [-0.05, 0) is 25.2 Å². The third kappa shape index (κ3) is 2.45. The van der Waals surface area contributed by atoms with Gasteiger partial charge >= 0.3 is 5.97 Å². The summed E-state index contributed by atoms with van der Waals surface area (Å²) in [5.41, 5.74) is 0. The van der Waals surface area contributed by atoms with Crippen molar-refractivity contribution in [3.63, 3.8) is 0 Å². The van der Waals surface area contributed by atoms with E-state index < -0.39 is 49.4 Å². The molecule has 3 bridgehead atoms. The highest BCUT2D eigenvalue weighted by atomic mass is 32.2. The van der Waals surface area contributed by atoms with E-state index in [2.05, 4.69) is 0 Å². The average Bonchev–Trinajstić information content (AvgIpc) is 2.45. The fourth-order valence-corrected chi connectivity index (χ4v) is 5.59. The molecule has 1 aliphatic heterocycles. The Kier molecular flexibility index (Phi) is 3.13. The molecule has 3 rings (SSSR count). The van der Waals surface area contributed by atoms with E-state index in [0.717, 1.165) is 0 Å². The molecule has 0 aromatic carbocycles. The summed E-state index contributed by atoms with van der Waals surface area (Å²) >= 11 is 0. The Balaban J connectivity index is 1.77. The van der Waals surface area contributed by atoms with Gasteiger partial charge in [-0.15, -0.1) is 0 Å². The van der Waals surface area contributed by atoms with Crippen LogP contribution >= 0.6 is 0 Å². The van der Waals surface area contributed by atoms with Crippen molar-refractivity contribution in [3.8, 4) is 0 Å². The summed E-state index contributed by atoms with van der Waals surface area (Å²) in [4.78, 5) is 11.5. The Morgan fingerprint density at radius 3 is 2.55 bits per heavy atom. The van der Waals surface area contributed by atoms with E-state index in [1.165, 1.54) is 0 Å². The van der Waals surface area contributed by atoms with Crippen LogP contribution in [0.3, 0.4) is 0 Å². The summed E-state index contributed by atoms with van der Waals surface area (Å²) in [6.45, 7) is 0. The maximum atomic E-state index is 11.8. The minimum absolute atomic E-state index is 0.0193. The second kappa shape index (κ2) is 4.39. The van der Waals surface area contributed by atoms with Crippen molar-refractivity contribution in [2.75, 3.05) is 5.75 Å². The van der Waals surface area contributed by atoms with Crippen molar-refractivity contribution in [2.45, 2.75) is 36.7 Å². The molecule has 5 unspecified atom stereocenters. The number of hydrogen-bond donors (Lipinski definition) is 1. The maximum Gasteiger partial charge on any atom is 0.324 e. The van der Waals surface area contributed by atoms with Crippen molar-refractivity contribution < 1.29 is 35.1 Å². The minimum Gasteiger partial charge on any atom is -0.458 e. The van der Waals surface area contributed by atoms with Crippen LogP contribution in [0.4, 0.5) is 0 Å². The molecule has 0 amide bonds.